The standard InChI is InChI=1S/C17H16ClNO4/c1-12(17(20)21-2)19-23-16-9-4-3-6-13(16)11-22-15-8-5-7-14(18)10-15/h3-10H,11H2,1-2H3. The summed E-state index contributed by atoms with van der Waals surface area (Å²) < 4.78 is 10.2. The van der Waals surface area contributed by atoms with Crippen LogP contribution in [0.2, 0.25) is 5.02 Å². The van der Waals surface area contributed by atoms with Gasteiger partial charge in [-0.25, -0.2) is 4.79 Å². The molecule has 0 fully saturated rings. The predicted octanol–water partition coefficient (Wildman–Crippen LogP) is 3.85. The highest BCUT2D eigenvalue weighted by molar-refractivity contribution is 6.35. The summed E-state index contributed by atoms with van der Waals surface area (Å²) in [4.78, 5) is 16.6. The lowest BCUT2D eigenvalue weighted by atomic mass is 10.2. The molecule has 0 heterocycles. The van der Waals surface area contributed by atoms with Crippen molar-refractivity contribution in [2.45, 2.75) is 13.5 Å². The largest absolute Gasteiger partial charge is 0.489 e. The first kappa shape index (κ1) is 16.8. The Labute approximate surface area is 139 Å². The van der Waals surface area contributed by atoms with Gasteiger partial charge in [-0.05, 0) is 31.2 Å². The van der Waals surface area contributed by atoms with Gasteiger partial charge in [-0.2, -0.15) is 0 Å². The summed E-state index contributed by atoms with van der Waals surface area (Å²) >= 11 is 5.92. The average molecular weight is 334 g/mol. The van der Waals surface area contributed by atoms with Crippen LogP contribution in [0.5, 0.6) is 11.5 Å². The Morgan fingerprint density at radius 1 is 1.17 bits per heavy atom. The third kappa shape index (κ3) is 5.00. The Morgan fingerprint density at radius 3 is 2.70 bits per heavy atom. The molecule has 2 aromatic carbocycles. The molecule has 120 valence electrons. The van der Waals surface area contributed by atoms with E-state index in [1.165, 1.54) is 14.0 Å². The summed E-state index contributed by atoms with van der Waals surface area (Å²) in [5.41, 5.74) is 0.909. The van der Waals surface area contributed by atoms with Gasteiger partial charge in [0.25, 0.3) is 0 Å². The summed E-state index contributed by atoms with van der Waals surface area (Å²) in [7, 11) is 1.29. The number of methoxy groups -OCH3 is 1. The van der Waals surface area contributed by atoms with Crippen molar-refractivity contribution in [2.24, 2.45) is 5.16 Å². The molecule has 23 heavy (non-hydrogen) atoms. The van der Waals surface area contributed by atoms with Crippen LogP contribution in [-0.4, -0.2) is 18.8 Å². The summed E-state index contributed by atoms with van der Waals surface area (Å²) in [6, 6.07) is 14.4. The molecule has 0 aromatic heterocycles. The van der Waals surface area contributed by atoms with Crippen molar-refractivity contribution >= 4 is 23.3 Å². The number of hydrogen-bond donors (Lipinski definition) is 0. The van der Waals surface area contributed by atoms with Crippen LogP contribution in [-0.2, 0) is 16.1 Å². The molecule has 0 amide bonds. The van der Waals surface area contributed by atoms with E-state index in [4.69, 9.17) is 21.2 Å². The second-order valence-electron chi connectivity index (χ2n) is 4.61. The van der Waals surface area contributed by atoms with Crippen molar-refractivity contribution in [2.75, 3.05) is 7.11 Å². The Bertz CT molecular complexity index is 715. The van der Waals surface area contributed by atoms with Crippen LogP contribution in [0.3, 0.4) is 0 Å². The monoisotopic (exact) mass is 333 g/mol. The van der Waals surface area contributed by atoms with Gasteiger partial charge in [-0.3, -0.25) is 0 Å². The highest BCUT2D eigenvalue weighted by Gasteiger charge is 2.08. The number of ether oxygens (including phenoxy) is 2. The normalized spacial score (nSPS) is 11.0. The van der Waals surface area contributed by atoms with Crippen molar-refractivity contribution < 1.29 is 19.1 Å². The van der Waals surface area contributed by atoms with Crippen LogP contribution >= 0.6 is 11.6 Å². The van der Waals surface area contributed by atoms with E-state index in [1.54, 1.807) is 24.3 Å². The molecule has 5 nitrogen and oxygen atoms in total. The van der Waals surface area contributed by atoms with Crippen molar-refractivity contribution in [3.63, 3.8) is 0 Å². The van der Waals surface area contributed by atoms with Gasteiger partial charge >= 0.3 is 5.97 Å². The Kier molecular flexibility index (Phi) is 6.00. The number of carbonyl (C=O) groups is 1. The predicted molar refractivity (Wildman–Crippen MR) is 88.0 cm³/mol. The molecule has 0 radical (unpaired) electrons. The summed E-state index contributed by atoms with van der Waals surface area (Å²) in [6.45, 7) is 1.79. The molecule has 0 saturated heterocycles. The number of rotatable bonds is 6. The first-order chi connectivity index (χ1) is 11.1. The van der Waals surface area contributed by atoms with Crippen LogP contribution in [0.4, 0.5) is 0 Å². The van der Waals surface area contributed by atoms with E-state index in [0.717, 1.165) is 5.56 Å². The van der Waals surface area contributed by atoms with Gasteiger partial charge in [-0.15, -0.1) is 0 Å². The smallest absolute Gasteiger partial charge is 0.355 e. The van der Waals surface area contributed by atoms with Gasteiger partial charge in [0.15, 0.2) is 11.5 Å². The summed E-state index contributed by atoms with van der Waals surface area (Å²) in [5, 5.41) is 4.36. The van der Waals surface area contributed by atoms with Gasteiger partial charge in [0.05, 0.1) is 7.11 Å². The van der Waals surface area contributed by atoms with E-state index in [9.17, 15) is 4.79 Å². The zero-order valence-corrected chi connectivity index (χ0v) is 13.5. The minimum atomic E-state index is -0.544. The lowest BCUT2D eigenvalue weighted by Gasteiger charge is -2.10. The van der Waals surface area contributed by atoms with E-state index in [-0.39, 0.29) is 12.3 Å². The maximum Gasteiger partial charge on any atom is 0.355 e. The minimum absolute atomic E-state index is 0.123. The van der Waals surface area contributed by atoms with E-state index < -0.39 is 5.97 Å². The SMILES string of the molecule is COC(=O)C(C)=NOc1ccccc1COc1cccc(Cl)c1. The number of benzene rings is 2. The van der Waals surface area contributed by atoms with Gasteiger partial charge in [-0.1, -0.05) is 41.0 Å². The Hall–Kier alpha value is -2.53. The Morgan fingerprint density at radius 2 is 1.96 bits per heavy atom. The zero-order valence-electron chi connectivity index (χ0n) is 12.8. The number of hydrogen-bond acceptors (Lipinski definition) is 5. The zero-order chi connectivity index (χ0) is 16.7. The highest BCUT2D eigenvalue weighted by atomic mass is 35.5. The van der Waals surface area contributed by atoms with Crippen LogP contribution in [0, 0.1) is 0 Å². The molecule has 6 heteroatoms. The van der Waals surface area contributed by atoms with Crippen LogP contribution in [0.15, 0.2) is 53.7 Å². The molecule has 0 saturated carbocycles. The van der Waals surface area contributed by atoms with Gasteiger partial charge in [0.2, 0.25) is 0 Å². The molecule has 2 rings (SSSR count). The number of carbonyl (C=O) groups excluding carboxylic acids is 1. The second-order valence-corrected chi connectivity index (χ2v) is 5.05. The number of halogens is 1. The van der Waals surface area contributed by atoms with Crippen molar-refractivity contribution in [1.29, 1.82) is 0 Å². The molecule has 0 atom stereocenters. The summed E-state index contributed by atoms with van der Waals surface area (Å²) in [5.74, 6) is 0.608. The van der Waals surface area contributed by atoms with Crippen molar-refractivity contribution in [3.8, 4) is 11.5 Å². The molecule has 0 spiro atoms. The molecule has 0 aliphatic rings. The van der Waals surface area contributed by atoms with Gasteiger partial charge in [0.1, 0.15) is 12.4 Å². The molecule has 0 aliphatic carbocycles. The summed E-state index contributed by atoms with van der Waals surface area (Å²) in [6.07, 6.45) is 0. The van der Waals surface area contributed by atoms with Crippen molar-refractivity contribution in [1.82, 2.24) is 0 Å². The third-order valence-corrected chi connectivity index (χ3v) is 3.16. The number of para-hydroxylation sites is 1. The molecule has 0 N–H and O–H groups in total. The lowest BCUT2D eigenvalue weighted by molar-refractivity contribution is -0.132. The number of oxime groups is 1. The number of esters is 1. The fourth-order valence-corrected chi connectivity index (χ4v) is 1.91. The van der Waals surface area contributed by atoms with Gasteiger partial charge in [0, 0.05) is 10.6 Å². The fraction of sp³-hybridized carbons (Fsp3) is 0.176. The molecular formula is C17H16ClNO4. The first-order valence-electron chi connectivity index (χ1n) is 6.86. The molecule has 0 unspecified atom stereocenters. The number of nitrogens with zero attached hydrogens (tertiary/aromatic N) is 1. The van der Waals surface area contributed by atoms with E-state index >= 15 is 0 Å². The van der Waals surface area contributed by atoms with E-state index in [2.05, 4.69) is 9.89 Å². The van der Waals surface area contributed by atoms with Crippen LogP contribution in [0.25, 0.3) is 0 Å². The van der Waals surface area contributed by atoms with Gasteiger partial charge < -0.3 is 14.3 Å². The van der Waals surface area contributed by atoms with E-state index in [1.807, 2.05) is 24.3 Å². The third-order valence-electron chi connectivity index (χ3n) is 2.92. The van der Waals surface area contributed by atoms with Crippen LogP contribution < -0.4 is 9.57 Å². The molecule has 0 aliphatic heterocycles. The second kappa shape index (κ2) is 8.19. The van der Waals surface area contributed by atoms with Crippen molar-refractivity contribution in [3.05, 3.63) is 59.1 Å². The maximum atomic E-state index is 11.3. The minimum Gasteiger partial charge on any atom is -0.489 e. The van der Waals surface area contributed by atoms with E-state index in [0.29, 0.717) is 16.5 Å². The Balaban J connectivity index is 2.07. The molecular weight excluding hydrogens is 318 g/mol. The topological polar surface area (TPSA) is 57.1 Å². The lowest BCUT2D eigenvalue weighted by Crippen LogP contribution is -2.13. The highest BCUT2D eigenvalue weighted by Crippen LogP contribution is 2.22. The maximum absolute atomic E-state index is 11.3. The average Bonchev–Trinajstić information content (AvgIpc) is 2.57. The molecule has 2 aromatic rings. The molecule has 0 bridgehead atoms. The fourth-order valence-electron chi connectivity index (χ4n) is 1.73. The van der Waals surface area contributed by atoms with Crippen LogP contribution in [0.1, 0.15) is 12.5 Å². The first-order valence-corrected chi connectivity index (χ1v) is 7.24. The quantitative estimate of drug-likeness (QED) is 0.458.